The molecular weight excluding hydrogens is 356 g/mol. The van der Waals surface area contributed by atoms with Crippen molar-refractivity contribution in [1.29, 1.82) is 0 Å². The smallest absolute Gasteiger partial charge is 0.288 e. The maximum absolute atomic E-state index is 12.0. The first-order chi connectivity index (χ1) is 12.2. The minimum atomic E-state index is -3.69. The number of nitro benzene ring substituents is 1. The Balaban J connectivity index is 1.93. The second-order valence-electron chi connectivity index (χ2n) is 7.43. The Morgan fingerprint density at radius 2 is 2.00 bits per heavy atom. The number of rotatable bonds is 6. The molecule has 8 heteroatoms. The lowest BCUT2D eigenvalue weighted by molar-refractivity contribution is -0.387. The van der Waals surface area contributed by atoms with Crippen LogP contribution in [0.4, 0.5) is 11.4 Å². The van der Waals surface area contributed by atoms with Gasteiger partial charge in [-0.15, -0.1) is 0 Å². The largest absolute Gasteiger partial charge is 0.378 e. The summed E-state index contributed by atoms with van der Waals surface area (Å²) in [4.78, 5) is 12.4. The molecule has 2 aliphatic rings. The molecule has 2 aliphatic carbocycles. The van der Waals surface area contributed by atoms with E-state index in [1.54, 1.807) is 6.07 Å². The van der Waals surface area contributed by atoms with E-state index < -0.39 is 14.8 Å². The minimum Gasteiger partial charge on any atom is -0.378 e. The fourth-order valence-electron chi connectivity index (χ4n) is 4.74. The molecule has 0 bridgehead atoms. The molecule has 7 nitrogen and oxygen atoms in total. The second kappa shape index (κ2) is 6.81. The molecule has 26 heavy (non-hydrogen) atoms. The van der Waals surface area contributed by atoms with Crippen molar-refractivity contribution >= 4 is 21.2 Å². The van der Waals surface area contributed by atoms with E-state index in [1.807, 2.05) is 14.0 Å². The van der Waals surface area contributed by atoms with Gasteiger partial charge < -0.3 is 9.64 Å². The third-order valence-corrected chi connectivity index (χ3v) is 7.18. The normalized spacial score (nSPS) is 24.4. The zero-order valence-electron chi connectivity index (χ0n) is 15.5. The fourth-order valence-corrected chi connectivity index (χ4v) is 5.60. The summed E-state index contributed by atoms with van der Waals surface area (Å²) in [6, 6.07) is 4.63. The van der Waals surface area contributed by atoms with Crippen molar-refractivity contribution in [3.8, 4) is 0 Å². The number of hydrogen-bond acceptors (Lipinski definition) is 6. The van der Waals surface area contributed by atoms with Crippen LogP contribution in [-0.2, 0) is 14.6 Å². The van der Waals surface area contributed by atoms with Crippen molar-refractivity contribution in [1.82, 2.24) is 0 Å². The molecule has 0 aliphatic heterocycles. The molecule has 2 unspecified atom stereocenters. The van der Waals surface area contributed by atoms with Gasteiger partial charge in [-0.2, -0.15) is 0 Å². The first-order valence-electron chi connectivity index (χ1n) is 9.03. The average Bonchev–Trinajstić information content (AvgIpc) is 3.09. The number of hydrogen-bond donors (Lipinski definition) is 0. The summed E-state index contributed by atoms with van der Waals surface area (Å²) in [7, 11) is -1.74. The lowest BCUT2D eigenvalue weighted by Crippen LogP contribution is -2.63. The van der Waals surface area contributed by atoms with Crippen LogP contribution in [0.5, 0.6) is 0 Å². The Bertz CT molecular complexity index is 802. The van der Waals surface area contributed by atoms with Crippen molar-refractivity contribution in [3.63, 3.8) is 0 Å². The Morgan fingerprint density at radius 1 is 1.35 bits per heavy atom. The zero-order valence-corrected chi connectivity index (χ0v) is 16.3. The molecule has 0 heterocycles. The van der Waals surface area contributed by atoms with Crippen LogP contribution in [0.25, 0.3) is 0 Å². The summed E-state index contributed by atoms with van der Waals surface area (Å²) in [6.07, 6.45) is 6.74. The van der Waals surface area contributed by atoms with E-state index in [2.05, 4.69) is 4.90 Å². The Kier molecular flexibility index (Phi) is 5.00. The monoisotopic (exact) mass is 382 g/mol. The molecule has 144 valence electrons. The van der Waals surface area contributed by atoms with E-state index >= 15 is 0 Å². The molecule has 0 N–H and O–H groups in total. The van der Waals surface area contributed by atoms with Crippen LogP contribution in [-0.4, -0.2) is 45.4 Å². The number of benzene rings is 1. The molecule has 3 rings (SSSR count). The van der Waals surface area contributed by atoms with Crippen molar-refractivity contribution in [3.05, 3.63) is 28.3 Å². The molecule has 1 aromatic rings. The van der Waals surface area contributed by atoms with E-state index in [-0.39, 0.29) is 28.1 Å². The summed E-state index contributed by atoms with van der Waals surface area (Å²) in [6.45, 7) is 2.70. The molecule has 2 saturated carbocycles. The number of nitro groups is 1. The molecule has 2 atom stereocenters. The Hall–Kier alpha value is -1.67. The third kappa shape index (κ3) is 3.09. The van der Waals surface area contributed by atoms with Gasteiger partial charge in [-0.1, -0.05) is 12.8 Å². The summed E-state index contributed by atoms with van der Waals surface area (Å²) in [5, 5.41) is 11.2. The van der Waals surface area contributed by atoms with Crippen LogP contribution in [0.3, 0.4) is 0 Å². The van der Waals surface area contributed by atoms with Crippen LogP contribution in [0, 0.1) is 15.5 Å². The average molecular weight is 382 g/mol. The highest BCUT2D eigenvalue weighted by molar-refractivity contribution is 7.90. The third-order valence-electron chi connectivity index (χ3n) is 6.06. The maximum atomic E-state index is 12.0. The number of anilines is 1. The van der Waals surface area contributed by atoms with Crippen molar-refractivity contribution in [2.75, 3.05) is 24.8 Å². The van der Waals surface area contributed by atoms with E-state index in [1.165, 1.54) is 25.0 Å². The maximum Gasteiger partial charge on any atom is 0.288 e. The molecule has 0 aromatic heterocycles. The first kappa shape index (κ1) is 19.1. The van der Waals surface area contributed by atoms with Crippen LogP contribution in [0.2, 0.25) is 0 Å². The Labute approximate surface area is 154 Å². The van der Waals surface area contributed by atoms with Crippen molar-refractivity contribution in [2.24, 2.45) is 5.41 Å². The number of sulfone groups is 1. The molecule has 2 fully saturated rings. The molecular formula is C18H26N2O5S. The molecule has 1 aromatic carbocycles. The van der Waals surface area contributed by atoms with Gasteiger partial charge in [0, 0.05) is 43.1 Å². The Morgan fingerprint density at radius 3 is 2.54 bits per heavy atom. The van der Waals surface area contributed by atoms with Crippen LogP contribution in [0.15, 0.2) is 23.1 Å². The fraction of sp³-hybridized carbons (Fsp3) is 0.667. The van der Waals surface area contributed by atoms with Crippen molar-refractivity contribution in [2.45, 2.75) is 56.1 Å². The highest BCUT2D eigenvalue weighted by atomic mass is 32.2. The van der Waals surface area contributed by atoms with Crippen LogP contribution >= 0.6 is 0 Å². The van der Waals surface area contributed by atoms with Gasteiger partial charge in [0.25, 0.3) is 5.69 Å². The minimum absolute atomic E-state index is 0.109. The van der Waals surface area contributed by atoms with Gasteiger partial charge in [0.05, 0.1) is 11.0 Å². The standard InChI is InChI=1S/C18H26N2O5S/c1-4-25-17-12-16(18(17)9-5-6-10-18)19(2)13-7-8-14(20(21)22)15(11-13)26(3,23)24/h7-8,11,16-17H,4-6,9-10,12H2,1-3H3. The topological polar surface area (TPSA) is 89.8 Å². The number of ether oxygens (including phenoxy) is 1. The predicted molar refractivity (Wildman–Crippen MR) is 99.3 cm³/mol. The van der Waals surface area contributed by atoms with Crippen LogP contribution < -0.4 is 4.90 Å². The van der Waals surface area contributed by atoms with E-state index in [4.69, 9.17) is 4.74 Å². The first-order valence-corrected chi connectivity index (χ1v) is 10.9. The van der Waals surface area contributed by atoms with E-state index in [0.29, 0.717) is 12.3 Å². The summed E-state index contributed by atoms with van der Waals surface area (Å²) < 4.78 is 30.0. The lowest BCUT2D eigenvalue weighted by Gasteiger charge is -2.57. The highest BCUT2D eigenvalue weighted by Gasteiger charge is 2.58. The van der Waals surface area contributed by atoms with Gasteiger partial charge in [0.2, 0.25) is 0 Å². The molecule has 0 saturated heterocycles. The van der Waals surface area contributed by atoms with E-state index in [9.17, 15) is 18.5 Å². The molecule has 1 spiro atoms. The summed E-state index contributed by atoms with van der Waals surface area (Å²) in [5.74, 6) is 0. The summed E-state index contributed by atoms with van der Waals surface area (Å²) >= 11 is 0. The predicted octanol–water partition coefficient (Wildman–Crippen LogP) is 3.17. The van der Waals surface area contributed by atoms with Gasteiger partial charge in [-0.3, -0.25) is 10.1 Å². The van der Waals surface area contributed by atoms with Gasteiger partial charge in [0.1, 0.15) is 4.90 Å². The molecule has 0 radical (unpaired) electrons. The number of nitrogens with zero attached hydrogens (tertiary/aromatic N) is 2. The van der Waals surface area contributed by atoms with Crippen LogP contribution in [0.1, 0.15) is 39.0 Å². The van der Waals surface area contributed by atoms with Gasteiger partial charge in [0.15, 0.2) is 9.84 Å². The summed E-state index contributed by atoms with van der Waals surface area (Å²) in [5.41, 5.74) is 0.431. The lowest BCUT2D eigenvalue weighted by atomic mass is 9.60. The van der Waals surface area contributed by atoms with Gasteiger partial charge >= 0.3 is 0 Å². The van der Waals surface area contributed by atoms with E-state index in [0.717, 1.165) is 25.5 Å². The molecule has 0 amide bonds. The van der Waals surface area contributed by atoms with Gasteiger partial charge in [-0.25, -0.2) is 8.42 Å². The highest BCUT2D eigenvalue weighted by Crippen LogP contribution is 2.57. The second-order valence-corrected chi connectivity index (χ2v) is 9.41. The van der Waals surface area contributed by atoms with Gasteiger partial charge in [-0.05, 0) is 38.3 Å². The quantitative estimate of drug-likeness (QED) is 0.554. The zero-order chi connectivity index (χ0) is 19.1. The van der Waals surface area contributed by atoms with Crippen molar-refractivity contribution < 1.29 is 18.1 Å². The SMILES string of the molecule is CCOC1CC(N(C)c2ccc([N+](=O)[O-])c(S(C)(=O)=O)c2)C12CCCC2.